The zero-order chi connectivity index (χ0) is 22.4. The van der Waals surface area contributed by atoms with Crippen LogP contribution in [0.5, 0.6) is 0 Å². The molecule has 0 saturated carbocycles. The maximum absolute atomic E-state index is 13.2. The van der Waals surface area contributed by atoms with Gasteiger partial charge in [0.1, 0.15) is 0 Å². The third-order valence-electron chi connectivity index (χ3n) is 5.78. The Labute approximate surface area is 184 Å². The van der Waals surface area contributed by atoms with E-state index in [1.54, 1.807) is 19.1 Å². The molecule has 2 saturated heterocycles. The standard InChI is InChI=1S/C21H32N4O5S/c1-16-5-6-17(2)19(14-16)31(28,29)25-8-3-4-18(25)15-23-21(27)20(26)22-7-9-24-10-12-30-13-11-24/h5-6,14,18H,3-4,7-13,15H2,1-2H3,(H,22,26)(H,23,27)/t18-/m0/s1. The van der Waals surface area contributed by atoms with Crippen molar-refractivity contribution in [2.45, 2.75) is 37.6 Å². The lowest BCUT2D eigenvalue weighted by atomic mass is 10.2. The third-order valence-corrected chi connectivity index (χ3v) is 7.87. The summed E-state index contributed by atoms with van der Waals surface area (Å²) in [7, 11) is -3.67. The first-order valence-corrected chi connectivity index (χ1v) is 12.2. The zero-order valence-corrected chi connectivity index (χ0v) is 19.0. The summed E-state index contributed by atoms with van der Waals surface area (Å²) in [6.45, 7) is 8.17. The molecule has 1 aromatic carbocycles. The quantitative estimate of drug-likeness (QED) is 0.565. The smallest absolute Gasteiger partial charge is 0.309 e. The highest BCUT2D eigenvalue weighted by Crippen LogP contribution is 2.28. The zero-order valence-electron chi connectivity index (χ0n) is 18.2. The highest BCUT2D eigenvalue weighted by atomic mass is 32.2. The van der Waals surface area contributed by atoms with Crippen LogP contribution in [-0.2, 0) is 24.3 Å². The van der Waals surface area contributed by atoms with Crippen molar-refractivity contribution in [1.82, 2.24) is 19.8 Å². The minimum atomic E-state index is -3.67. The van der Waals surface area contributed by atoms with Crippen molar-refractivity contribution in [3.05, 3.63) is 29.3 Å². The van der Waals surface area contributed by atoms with Gasteiger partial charge in [-0.25, -0.2) is 8.42 Å². The van der Waals surface area contributed by atoms with Gasteiger partial charge in [-0.05, 0) is 43.9 Å². The average Bonchev–Trinajstić information content (AvgIpc) is 3.24. The number of rotatable bonds is 7. The monoisotopic (exact) mass is 452 g/mol. The first-order valence-electron chi connectivity index (χ1n) is 10.7. The lowest BCUT2D eigenvalue weighted by Gasteiger charge is -2.26. The van der Waals surface area contributed by atoms with E-state index in [9.17, 15) is 18.0 Å². The SMILES string of the molecule is Cc1ccc(C)c(S(=O)(=O)N2CCC[C@H]2CNC(=O)C(=O)NCCN2CCOCC2)c1. The normalized spacial score (nSPS) is 20.5. The van der Waals surface area contributed by atoms with E-state index < -0.39 is 21.8 Å². The average molecular weight is 453 g/mol. The van der Waals surface area contributed by atoms with Crippen LogP contribution in [0.15, 0.2) is 23.1 Å². The number of morpholine rings is 1. The molecule has 1 atom stereocenters. The molecule has 2 amide bonds. The van der Waals surface area contributed by atoms with Crippen molar-refractivity contribution >= 4 is 21.8 Å². The van der Waals surface area contributed by atoms with Gasteiger partial charge in [0.15, 0.2) is 0 Å². The van der Waals surface area contributed by atoms with E-state index in [-0.39, 0.29) is 12.6 Å². The summed E-state index contributed by atoms with van der Waals surface area (Å²) in [4.78, 5) is 26.7. The van der Waals surface area contributed by atoms with Crippen LogP contribution in [0.25, 0.3) is 0 Å². The van der Waals surface area contributed by atoms with Crippen LogP contribution in [0.3, 0.4) is 0 Å². The molecule has 10 heteroatoms. The lowest BCUT2D eigenvalue weighted by molar-refractivity contribution is -0.139. The molecule has 31 heavy (non-hydrogen) atoms. The Balaban J connectivity index is 1.51. The number of sulfonamides is 1. The number of benzene rings is 1. The topological polar surface area (TPSA) is 108 Å². The molecule has 0 aromatic heterocycles. The first kappa shape index (κ1) is 23.6. The number of hydrogen-bond donors (Lipinski definition) is 2. The molecule has 2 heterocycles. The number of carbonyl (C=O) groups is 2. The number of nitrogens with one attached hydrogen (secondary N) is 2. The molecule has 9 nitrogen and oxygen atoms in total. The van der Waals surface area contributed by atoms with E-state index in [0.29, 0.717) is 49.7 Å². The summed E-state index contributed by atoms with van der Waals surface area (Å²) in [5.74, 6) is -1.44. The van der Waals surface area contributed by atoms with Crippen molar-refractivity contribution in [3.8, 4) is 0 Å². The summed E-state index contributed by atoms with van der Waals surface area (Å²) in [6, 6.07) is 5.00. The summed E-state index contributed by atoms with van der Waals surface area (Å²) in [5.41, 5.74) is 1.57. The molecule has 2 fully saturated rings. The molecule has 2 N–H and O–H groups in total. The van der Waals surface area contributed by atoms with Gasteiger partial charge in [-0.15, -0.1) is 0 Å². The fourth-order valence-electron chi connectivity index (χ4n) is 3.96. The third kappa shape index (κ3) is 6.03. The van der Waals surface area contributed by atoms with Crippen LogP contribution in [0.4, 0.5) is 0 Å². The minimum absolute atomic E-state index is 0.111. The van der Waals surface area contributed by atoms with Crippen LogP contribution in [0, 0.1) is 13.8 Å². The molecule has 172 valence electrons. The van der Waals surface area contributed by atoms with Crippen LogP contribution in [-0.4, -0.2) is 88.0 Å². The van der Waals surface area contributed by atoms with Crippen molar-refractivity contribution in [3.63, 3.8) is 0 Å². The number of nitrogens with zero attached hydrogens (tertiary/aromatic N) is 2. The van der Waals surface area contributed by atoms with Gasteiger partial charge in [0.2, 0.25) is 10.0 Å². The molecular weight excluding hydrogens is 420 g/mol. The summed E-state index contributed by atoms with van der Waals surface area (Å²) >= 11 is 0. The largest absolute Gasteiger partial charge is 0.379 e. The number of ether oxygens (including phenoxy) is 1. The second-order valence-corrected chi connectivity index (χ2v) is 9.96. The molecule has 3 rings (SSSR count). The van der Waals surface area contributed by atoms with E-state index in [1.807, 2.05) is 13.0 Å². The summed E-state index contributed by atoms with van der Waals surface area (Å²) in [5, 5.41) is 5.22. The van der Waals surface area contributed by atoms with Gasteiger partial charge in [0, 0.05) is 45.3 Å². The molecule has 0 bridgehead atoms. The summed E-state index contributed by atoms with van der Waals surface area (Å²) in [6.07, 6.45) is 1.36. The highest BCUT2D eigenvalue weighted by Gasteiger charge is 2.36. The van der Waals surface area contributed by atoms with Gasteiger partial charge in [-0.2, -0.15) is 4.31 Å². The second kappa shape index (κ2) is 10.5. The van der Waals surface area contributed by atoms with Crippen LogP contribution in [0.2, 0.25) is 0 Å². The van der Waals surface area contributed by atoms with Crippen molar-refractivity contribution < 1.29 is 22.7 Å². The maximum Gasteiger partial charge on any atom is 0.309 e. The maximum atomic E-state index is 13.2. The van der Waals surface area contributed by atoms with E-state index in [4.69, 9.17) is 4.74 Å². The molecule has 2 aliphatic heterocycles. The van der Waals surface area contributed by atoms with Crippen molar-refractivity contribution in [2.24, 2.45) is 0 Å². The lowest BCUT2D eigenvalue weighted by Crippen LogP contribution is -2.48. The van der Waals surface area contributed by atoms with Crippen molar-refractivity contribution in [1.29, 1.82) is 0 Å². The Bertz CT molecular complexity index is 899. The molecule has 0 spiro atoms. The number of carbonyl (C=O) groups excluding carboxylic acids is 2. The fraction of sp³-hybridized carbons (Fsp3) is 0.619. The van der Waals surface area contributed by atoms with Gasteiger partial charge < -0.3 is 15.4 Å². The van der Waals surface area contributed by atoms with E-state index >= 15 is 0 Å². The van der Waals surface area contributed by atoms with Crippen molar-refractivity contribution in [2.75, 3.05) is 52.5 Å². The van der Waals surface area contributed by atoms with Gasteiger partial charge >= 0.3 is 11.8 Å². The number of amides is 2. The van der Waals surface area contributed by atoms with Gasteiger partial charge in [0.05, 0.1) is 18.1 Å². The molecular formula is C21H32N4O5S. The van der Waals surface area contributed by atoms with Gasteiger partial charge in [-0.3, -0.25) is 14.5 Å². The number of hydrogen-bond acceptors (Lipinski definition) is 6. The Kier molecular flexibility index (Phi) is 8.04. The van der Waals surface area contributed by atoms with Gasteiger partial charge in [-0.1, -0.05) is 12.1 Å². The van der Waals surface area contributed by atoms with Crippen LogP contribution in [0.1, 0.15) is 24.0 Å². The molecule has 0 radical (unpaired) electrons. The molecule has 2 aliphatic rings. The fourth-order valence-corrected chi connectivity index (χ4v) is 5.97. The minimum Gasteiger partial charge on any atom is -0.379 e. The number of aryl methyl sites for hydroxylation is 2. The highest BCUT2D eigenvalue weighted by molar-refractivity contribution is 7.89. The van der Waals surface area contributed by atoms with E-state index in [1.165, 1.54) is 4.31 Å². The Morgan fingerprint density at radius 3 is 2.55 bits per heavy atom. The molecule has 0 aliphatic carbocycles. The molecule has 0 unspecified atom stereocenters. The predicted octanol–water partition coefficient (Wildman–Crippen LogP) is 0.0211. The van der Waals surface area contributed by atoms with Crippen LogP contribution < -0.4 is 10.6 Å². The Morgan fingerprint density at radius 1 is 1.10 bits per heavy atom. The Hall–Kier alpha value is -2.01. The predicted molar refractivity (Wildman–Crippen MR) is 116 cm³/mol. The van der Waals surface area contributed by atoms with Gasteiger partial charge in [0.25, 0.3) is 0 Å². The van der Waals surface area contributed by atoms with E-state index in [2.05, 4.69) is 15.5 Å². The Morgan fingerprint density at radius 2 is 1.81 bits per heavy atom. The van der Waals surface area contributed by atoms with Crippen LogP contribution >= 0.6 is 0 Å². The summed E-state index contributed by atoms with van der Waals surface area (Å²) < 4.78 is 33.1. The first-order chi connectivity index (χ1) is 14.8. The molecule has 1 aromatic rings. The van der Waals surface area contributed by atoms with E-state index in [0.717, 1.165) is 25.1 Å². The second-order valence-electron chi connectivity index (χ2n) is 8.10.